The molecule has 2 aromatic heterocycles. The van der Waals surface area contributed by atoms with Crippen molar-refractivity contribution in [3.63, 3.8) is 0 Å². The number of aromatic nitrogens is 2. The van der Waals surface area contributed by atoms with Crippen LogP contribution in [0.2, 0.25) is 0 Å². The Labute approximate surface area is 205 Å². The largest absolute Gasteiger partial charge is 0.497 e. The van der Waals surface area contributed by atoms with E-state index in [1.165, 1.54) is 17.4 Å². The normalized spacial score (nSPS) is 10.9. The summed E-state index contributed by atoms with van der Waals surface area (Å²) in [6.45, 7) is 2.40. The predicted molar refractivity (Wildman–Crippen MR) is 136 cm³/mol. The van der Waals surface area contributed by atoms with Crippen molar-refractivity contribution in [1.29, 1.82) is 0 Å². The lowest BCUT2D eigenvalue weighted by Gasteiger charge is -2.08. The van der Waals surface area contributed by atoms with Crippen molar-refractivity contribution in [2.75, 3.05) is 19.5 Å². The fourth-order valence-corrected chi connectivity index (χ4v) is 4.41. The van der Waals surface area contributed by atoms with Gasteiger partial charge in [0.25, 0.3) is 0 Å². The van der Waals surface area contributed by atoms with E-state index >= 15 is 0 Å². The maximum atomic E-state index is 12.4. The van der Waals surface area contributed by atoms with Crippen LogP contribution >= 0.6 is 22.7 Å². The van der Waals surface area contributed by atoms with E-state index in [0.29, 0.717) is 28.9 Å². The van der Waals surface area contributed by atoms with Gasteiger partial charge in [-0.15, -0.1) is 22.7 Å². The van der Waals surface area contributed by atoms with E-state index in [9.17, 15) is 4.79 Å². The molecule has 0 saturated heterocycles. The van der Waals surface area contributed by atoms with E-state index in [-0.39, 0.29) is 5.91 Å². The molecular formula is C25H23N3O4S2. The van der Waals surface area contributed by atoms with E-state index in [0.717, 1.165) is 27.6 Å². The summed E-state index contributed by atoms with van der Waals surface area (Å²) in [7, 11) is 3.21. The van der Waals surface area contributed by atoms with Gasteiger partial charge >= 0.3 is 0 Å². The number of nitrogens with zero attached hydrogens (tertiary/aromatic N) is 2. The first-order chi connectivity index (χ1) is 16.5. The first kappa shape index (κ1) is 23.5. The molecule has 0 radical (unpaired) electrons. The highest BCUT2D eigenvalue weighted by Gasteiger charge is 2.12. The Morgan fingerprint density at radius 1 is 1.00 bits per heavy atom. The lowest BCUT2D eigenvalue weighted by molar-refractivity contribution is -0.111. The van der Waals surface area contributed by atoms with Gasteiger partial charge in [0.05, 0.1) is 30.6 Å². The molecule has 1 amide bonds. The molecular weight excluding hydrogens is 470 g/mol. The lowest BCUT2D eigenvalue weighted by Crippen LogP contribution is -2.07. The molecule has 0 spiro atoms. The SMILES string of the molecule is COc1ccc(OC)c(-c2csc(NC(=O)/C=C/c3ccc(OCc4csc(C)n4)cc3)n2)c1. The van der Waals surface area contributed by atoms with Crippen molar-refractivity contribution in [3.05, 3.63) is 75.6 Å². The highest BCUT2D eigenvalue weighted by atomic mass is 32.1. The molecule has 0 aliphatic rings. The van der Waals surface area contributed by atoms with Crippen LogP contribution in [0, 0.1) is 6.92 Å². The first-order valence-electron chi connectivity index (χ1n) is 10.3. The van der Waals surface area contributed by atoms with E-state index in [1.807, 2.05) is 60.1 Å². The summed E-state index contributed by atoms with van der Waals surface area (Å²) in [6.07, 6.45) is 3.21. The number of methoxy groups -OCH3 is 2. The minimum absolute atomic E-state index is 0.266. The van der Waals surface area contributed by atoms with Gasteiger partial charge in [0.15, 0.2) is 5.13 Å². The van der Waals surface area contributed by atoms with E-state index in [1.54, 1.807) is 31.6 Å². The fraction of sp³-hybridized carbons (Fsp3) is 0.160. The maximum absolute atomic E-state index is 12.4. The molecule has 0 saturated carbocycles. The zero-order valence-electron chi connectivity index (χ0n) is 18.9. The van der Waals surface area contributed by atoms with Crippen LogP contribution in [0.3, 0.4) is 0 Å². The number of rotatable bonds is 9. The van der Waals surface area contributed by atoms with Crippen LogP contribution in [0.5, 0.6) is 17.2 Å². The summed E-state index contributed by atoms with van der Waals surface area (Å²) in [4.78, 5) is 21.3. The number of hydrogen-bond acceptors (Lipinski definition) is 8. The number of hydrogen-bond donors (Lipinski definition) is 1. The second-order valence-corrected chi connectivity index (χ2v) is 9.06. The van der Waals surface area contributed by atoms with Gasteiger partial charge < -0.3 is 14.2 Å². The first-order valence-corrected chi connectivity index (χ1v) is 12.1. The van der Waals surface area contributed by atoms with Gasteiger partial charge in [-0.25, -0.2) is 9.97 Å². The average molecular weight is 494 g/mol. The quantitative estimate of drug-likeness (QED) is 0.296. The second kappa shape index (κ2) is 11.0. The van der Waals surface area contributed by atoms with Gasteiger partial charge in [-0.3, -0.25) is 10.1 Å². The zero-order chi connectivity index (χ0) is 23.9. The predicted octanol–water partition coefficient (Wildman–Crippen LogP) is 5.82. The van der Waals surface area contributed by atoms with Crippen LogP contribution in [0.4, 0.5) is 5.13 Å². The number of amides is 1. The third kappa shape index (κ3) is 6.00. The maximum Gasteiger partial charge on any atom is 0.250 e. The summed E-state index contributed by atoms with van der Waals surface area (Å²) in [5.41, 5.74) is 3.29. The smallest absolute Gasteiger partial charge is 0.250 e. The van der Waals surface area contributed by atoms with Crippen LogP contribution in [0.1, 0.15) is 16.3 Å². The monoisotopic (exact) mass is 493 g/mol. The molecule has 0 fully saturated rings. The number of anilines is 1. The van der Waals surface area contributed by atoms with Crippen LogP contribution in [-0.2, 0) is 11.4 Å². The number of aryl methyl sites for hydroxylation is 1. The molecule has 9 heteroatoms. The van der Waals surface area contributed by atoms with Crippen molar-refractivity contribution in [2.24, 2.45) is 0 Å². The average Bonchev–Trinajstić information content (AvgIpc) is 3.50. The number of benzene rings is 2. The van der Waals surface area contributed by atoms with Crippen molar-refractivity contribution in [1.82, 2.24) is 9.97 Å². The summed E-state index contributed by atoms with van der Waals surface area (Å²) < 4.78 is 16.5. The Bertz CT molecular complexity index is 1300. The Hall–Kier alpha value is -3.69. The molecule has 1 N–H and O–H groups in total. The van der Waals surface area contributed by atoms with Crippen molar-refractivity contribution >= 4 is 39.8 Å². The van der Waals surface area contributed by atoms with Gasteiger partial charge in [0.2, 0.25) is 5.91 Å². The number of carbonyl (C=O) groups excluding carboxylic acids is 1. The van der Waals surface area contributed by atoms with Crippen LogP contribution < -0.4 is 19.5 Å². The second-order valence-electron chi connectivity index (χ2n) is 7.14. The number of ether oxygens (including phenoxy) is 3. The van der Waals surface area contributed by atoms with Crippen LogP contribution in [-0.4, -0.2) is 30.1 Å². The van der Waals surface area contributed by atoms with Crippen LogP contribution in [0.15, 0.2) is 59.3 Å². The molecule has 34 heavy (non-hydrogen) atoms. The van der Waals surface area contributed by atoms with E-state index in [4.69, 9.17) is 14.2 Å². The zero-order valence-corrected chi connectivity index (χ0v) is 20.5. The molecule has 7 nitrogen and oxygen atoms in total. The molecule has 4 aromatic rings. The Morgan fingerprint density at radius 2 is 1.79 bits per heavy atom. The summed E-state index contributed by atoms with van der Waals surface area (Å²) in [5.74, 6) is 1.86. The highest BCUT2D eigenvalue weighted by molar-refractivity contribution is 7.14. The minimum atomic E-state index is -0.266. The standard InChI is InChI=1S/C25H23N3O4S2/c1-16-26-18(14-33-16)13-32-19-7-4-17(5-8-19)6-11-24(29)28-25-27-22(15-34-25)21-12-20(30-2)9-10-23(21)31-3/h4-12,14-15H,13H2,1-3H3,(H,27,28,29)/b11-6+. The van der Waals surface area contributed by atoms with Gasteiger partial charge in [-0.05, 0) is 48.9 Å². The Balaban J connectivity index is 1.34. The molecule has 0 unspecified atom stereocenters. The number of nitrogens with one attached hydrogen (secondary N) is 1. The molecule has 4 rings (SSSR count). The third-order valence-electron chi connectivity index (χ3n) is 4.78. The summed E-state index contributed by atoms with van der Waals surface area (Å²) in [6, 6.07) is 13.0. The molecule has 2 aromatic carbocycles. The van der Waals surface area contributed by atoms with Gasteiger partial charge in [0.1, 0.15) is 23.9 Å². The molecule has 2 heterocycles. The molecule has 174 valence electrons. The molecule has 0 bridgehead atoms. The summed E-state index contributed by atoms with van der Waals surface area (Å²) >= 11 is 2.94. The Morgan fingerprint density at radius 3 is 2.50 bits per heavy atom. The highest BCUT2D eigenvalue weighted by Crippen LogP contribution is 2.35. The van der Waals surface area contributed by atoms with Gasteiger partial charge in [0, 0.05) is 22.4 Å². The number of carbonyl (C=O) groups is 1. The van der Waals surface area contributed by atoms with Crippen LogP contribution in [0.25, 0.3) is 17.3 Å². The van der Waals surface area contributed by atoms with E-state index < -0.39 is 0 Å². The molecule has 0 aliphatic heterocycles. The fourth-order valence-electron chi connectivity index (χ4n) is 3.10. The lowest BCUT2D eigenvalue weighted by atomic mass is 10.1. The summed E-state index contributed by atoms with van der Waals surface area (Å²) in [5, 5.41) is 8.17. The number of thiazole rings is 2. The molecule has 0 aliphatic carbocycles. The van der Waals surface area contributed by atoms with Crippen molar-refractivity contribution < 1.29 is 19.0 Å². The van der Waals surface area contributed by atoms with Crippen molar-refractivity contribution in [3.8, 4) is 28.5 Å². The minimum Gasteiger partial charge on any atom is -0.497 e. The van der Waals surface area contributed by atoms with Gasteiger partial charge in [-0.2, -0.15) is 0 Å². The topological polar surface area (TPSA) is 82.6 Å². The third-order valence-corrected chi connectivity index (χ3v) is 6.36. The Kier molecular flexibility index (Phi) is 7.56. The van der Waals surface area contributed by atoms with Gasteiger partial charge in [-0.1, -0.05) is 12.1 Å². The molecule has 0 atom stereocenters. The van der Waals surface area contributed by atoms with Crippen molar-refractivity contribution in [2.45, 2.75) is 13.5 Å². The van der Waals surface area contributed by atoms with E-state index in [2.05, 4.69) is 15.3 Å².